The Kier molecular flexibility index (Phi) is 2.64. The molecule has 15 heavy (non-hydrogen) atoms. The average Bonchev–Trinajstić information content (AvgIpc) is 2.65. The summed E-state index contributed by atoms with van der Waals surface area (Å²) in [7, 11) is 0. The van der Waals surface area contributed by atoms with Crippen LogP contribution in [0.15, 0.2) is 27.5 Å². The van der Waals surface area contributed by atoms with Crippen molar-refractivity contribution in [3.8, 4) is 17.2 Å². The zero-order valence-electron chi connectivity index (χ0n) is 8.39. The van der Waals surface area contributed by atoms with E-state index in [9.17, 15) is 5.11 Å². The van der Waals surface area contributed by atoms with Gasteiger partial charge in [0.2, 0.25) is 11.8 Å². The first-order chi connectivity index (χ1) is 7.20. The largest absolute Gasteiger partial charge is 0.507 e. The molecule has 4 nitrogen and oxygen atoms in total. The summed E-state index contributed by atoms with van der Waals surface area (Å²) in [6.45, 7) is 1.73. The Hall–Kier alpha value is -1.49. The van der Waals surface area contributed by atoms with Gasteiger partial charge < -0.3 is 9.52 Å². The highest BCUT2D eigenvalue weighted by molar-refractivity contribution is 7.98. The van der Waals surface area contributed by atoms with Crippen LogP contribution in [0.25, 0.3) is 11.5 Å². The topological polar surface area (TPSA) is 59.2 Å². The van der Waals surface area contributed by atoms with Crippen LogP contribution in [0.4, 0.5) is 0 Å². The molecule has 0 atom stereocenters. The Morgan fingerprint density at radius 2 is 2.13 bits per heavy atom. The molecule has 0 saturated heterocycles. The van der Waals surface area contributed by atoms with Crippen molar-refractivity contribution in [2.75, 3.05) is 6.26 Å². The summed E-state index contributed by atoms with van der Waals surface area (Å²) < 4.78 is 5.26. The van der Waals surface area contributed by atoms with E-state index in [0.29, 0.717) is 11.8 Å². The number of aromatic nitrogens is 2. The van der Waals surface area contributed by atoms with Crippen LogP contribution in [-0.4, -0.2) is 21.6 Å². The van der Waals surface area contributed by atoms with Crippen LogP contribution in [0.3, 0.4) is 0 Å². The van der Waals surface area contributed by atoms with E-state index in [2.05, 4.69) is 10.2 Å². The van der Waals surface area contributed by atoms with Gasteiger partial charge in [-0.25, -0.2) is 0 Å². The second-order valence-corrected chi connectivity index (χ2v) is 3.86. The van der Waals surface area contributed by atoms with Gasteiger partial charge in [-0.15, -0.1) is 22.0 Å². The first kappa shape index (κ1) is 10.0. The number of hydrogen-bond donors (Lipinski definition) is 1. The van der Waals surface area contributed by atoms with Gasteiger partial charge in [-0.2, -0.15) is 0 Å². The van der Waals surface area contributed by atoms with Crippen molar-refractivity contribution in [2.24, 2.45) is 0 Å². The highest BCUT2D eigenvalue weighted by Gasteiger charge is 2.08. The number of nitrogens with zero attached hydrogens (tertiary/aromatic N) is 2. The minimum absolute atomic E-state index is 0.232. The monoisotopic (exact) mass is 222 g/mol. The molecule has 0 saturated carbocycles. The molecular formula is C10H10N2O2S. The fourth-order valence-corrected chi connectivity index (χ4v) is 1.71. The van der Waals surface area contributed by atoms with Crippen LogP contribution in [-0.2, 0) is 0 Å². The number of phenols is 1. The number of thioether (sulfide) groups is 1. The van der Waals surface area contributed by atoms with E-state index in [4.69, 9.17) is 4.42 Å². The molecule has 5 heteroatoms. The highest BCUT2D eigenvalue weighted by Crippen LogP contribution is 2.30. The SMILES string of the molecule is CSc1ccc(-c2nnc(C)o2)cc1O. The van der Waals surface area contributed by atoms with Crippen molar-refractivity contribution in [3.63, 3.8) is 0 Å². The van der Waals surface area contributed by atoms with Crippen LogP contribution in [0.5, 0.6) is 5.75 Å². The predicted octanol–water partition coefficient (Wildman–Crippen LogP) is 2.47. The van der Waals surface area contributed by atoms with Gasteiger partial charge in [-0.3, -0.25) is 0 Å². The van der Waals surface area contributed by atoms with E-state index >= 15 is 0 Å². The molecule has 0 aliphatic carbocycles. The lowest BCUT2D eigenvalue weighted by Crippen LogP contribution is -1.79. The van der Waals surface area contributed by atoms with Crippen LogP contribution < -0.4 is 0 Å². The van der Waals surface area contributed by atoms with Gasteiger partial charge in [0.15, 0.2) is 0 Å². The molecule has 78 valence electrons. The summed E-state index contributed by atoms with van der Waals surface area (Å²) in [6.07, 6.45) is 1.91. The van der Waals surface area contributed by atoms with Crippen LogP contribution in [0, 0.1) is 6.92 Å². The Balaban J connectivity index is 2.42. The minimum atomic E-state index is 0.232. The second kappa shape index (κ2) is 3.94. The normalized spacial score (nSPS) is 10.5. The predicted molar refractivity (Wildman–Crippen MR) is 57.9 cm³/mol. The smallest absolute Gasteiger partial charge is 0.247 e. The summed E-state index contributed by atoms with van der Waals surface area (Å²) in [6, 6.07) is 5.30. The number of benzene rings is 1. The molecule has 0 unspecified atom stereocenters. The van der Waals surface area contributed by atoms with E-state index < -0.39 is 0 Å². The molecule has 0 spiro atoms. The van der Waals surface area contributed by atoms with Crippen LogP contribution in [0.1, 0.15) is 5.89 Å². The summed E-state index contributed by atoms with van der Waals surface area (Å²) >= 11 is 1.49. The standard InChI is InChI=1S/C10H10N2O2S/c1-6-11-12-10(14-6)7-3-4-9(15-2)8(13)5-7/h3-5,13H,1-2H3. The second-order valence-electron chi connectivity index (χ2n) is 3.01. The average molecular weight is 222 g/mol. The molecule has 0 radical (unpaired) electrons. The molecule has 0 bridgehead atoms. The van der Waals surface area contributed by atoms with Crippen LogP contribution in [0.2, 0.25) is 0 Å². The van der Waals surface area contributed by atoms with E-state index in [1.807, 2.05) is 18.4 Å². The lowest BCUT2D eigenvalue weighted by molar-refractivity contribution is 0.462. The van der Waals surface area contributed by atoms with Crippen molar-refractivity contribution in [1.29, 1.82) is 0 Å². The van der Waals surface area contributed by atoms with E-state index in [1.54, 1.807) is 13.0 Å². The highest BCUT2D eigenvalue weighted by atomic mass is 32.2. The Morgan fingerprint density at radius 3 is 2.67 bits per heavy atom. The molecule has 1 N–H and O–H groups in total. The van der Waals surface area contributed by atoms with E-state index in [-0.39, 0.29) is 5.75 Å². The third-order valence-electron chi connectivity index (χ3n) is 1.95. The first-order valence-corrected chi connectivity index (χ1v) is 5.60. The van der Waals surface area contributed by atoms with Gasteiger partial charge in [0.05, 0.1) is 0 Å². The quantitative estimate of drug-likeness (QED) is 0.791. The molecule has 2 rings (SSSR count). The van der Waals surface area contributed by atoms with E-state index in [0.717, 1.165) is 10.5 Å². The summed E-state index contributed by atoms with van der Waals surface area (Å²) in [5, 5.41) is 17.3. The molecule has 0 fully saturated rings. The Bertz CT molecular complexity index is 482. The summed E-state index contributed by atoms with van der Waals surface area (Å²) in [4.78, 5) is 0.829. The number of phenolic OH excluding ortho intramolecular Hbond substituents is 1. The lowest BCUT2D eigenvalue weighted by Gasteiger charge is -2.01. The Labute approximate surface area is 91.3 Å². The number of aromatic hydroxyl groups is 1. The van der Waals surface area contributed by atoms with E-state index in [1.165, 1.54) is 11.8 Å². The molecule has 2 aromatic rings. The lowest BCUT2D eigenvalue weighted by atomic mass is 10.2. The number of rotatable bonds is 2. The number of aryl methyl sites for hydroxylation is 1. The zero-order valence-corrected chi connectivity index (χ0v) is 9.21. The van der Waals surface area contributed by atoms with Gasteiger partial charge in [-0.1, -0.05) is 0 Å². The molecule has 1 heterocycles. The summed E-state index contributed by atoms with van der Waals surface area (Å²) in [5.74, 6) is 1.17. The van der Waals surface area contributed by atoms with Gasteiger partial charge in [0.25, 0.3) is 0 Å². The molecule has 1 aromatic heterocycles. The molecule has 0 amide bonds. The minimum Gasteiger partial charge on any atom is -0.507 e. The maximum Gasteiger partial charge on any atom is 0.247 e. The van der Waals surface area contributed by atoms with Crippen molar-refractivity contribution in [1.82, 2.24) is 10.2 Å². The zero-order chi connectivity index (χ0) is 10.8. The van der Waals surface area contributed by atoms with Crippen molar-refractivity contribution < 1.29 is 9.52 Å². The van der Waals surface area contributed by atoms with Gasteiger partial charge in [0.1, 0.15) is 5.75 Å². The Morgan fingerprint density at radius 1 is 1.33 bits per heavy atom. The van der Waals surface area contributed by atoms with Gasteiger partial charge >= 0.3 is 0 Å². The molecule has 0 aliphatic heterocycles. The van der Waals surface area contributed by atoms with Gasteiger partial charge in [-0.05, 0) is 24.5 Å². The van der Waals surface area contributed by atoms with Crippen LogP contribution >= 0.6 is 11.8 Å². The summed E-state index contributed by atoms with van der Waals surface area (Å²) in [5.41, 5.74) is 0.728. The third kappa shape index (κ3) is 1.97. The van der Waals surface area contributed by atoms with Crippen molar-refractivity contribution in [2.45, 2.75) is 11.8 Å². The third-order valence-corrected chi connectivity index (χ3v) is 2.74. The number of hydrogen-bond acceptors (Lipinski definition) is 5. The fraction of sp³-hybridized carbons (Fsp3) is 0.200. The first-order valence-electron chi connectivity index (χ1n) is 4.38. The maximum absolute atomic E-state index is 9.65. The molecule has 0 aliphatic rings. The molecular weight excluding hydrogens is 212 g/mol. The maximum atomic E-state index is 9.65. The molecule has 1 aromatic carbocycles. The fourth-order valence-electron chi connectivity index (χ4n) is 1.24. The van der Waals surface area contributed by atoms with Crippen molar-refractivity contribution >= 4 is 11.8 Å². The van der Waals surface area contributed by atoms with Gasteiger partial charge in [0, 0.05) is 17.4 Å². The van der Waals surface area contributed by atoms with Crippen molar-refractivity contribution in [3.05, 3.63) is 24.1 Å².